The molecule has 3 amide bonds. The molecule has 0 aromatic heterocycles. The number of carbonyl (C=O) groups is 3. The van der Waals surface area contributed by atoms with Crippen molar-refractivity contribution in [3.05, 3.63) is 34.9 Å². The van der Waals surface area contributed by atoms with E-state index in [9.17, 15) is 14.4 Å². The minimum Gasteiger partial charge on any atom is -0.344 e. The third-order valence-electron chi connectivity index (χ3n) is 8.42. The van der Waals surface area contributed by atoms with Gasteiger partial charge in [0.1, 0.15) is 6.04 Å². The summed E-state index contributed by atoms with van der Waals surface area (Å²) in [5.41, 5.74) is 6.51. The summed E-state index contributed by atoms with van der Waals surface area (Å²) < 4.78 is 0. The van der Waals surface area contributed by atoms with E-state index in [1.165, 1.54) is 32.1 Å². The SMILES string of the molecule is NCCC(=O)NC(Cc1ccc(Cl)cc1)C(=O)N1CCC(N(C(=O)CC2CCCC2)C2CCCCC2)C1. The van der Waals surface area contributed by atoms with Crippen LogP contribution in [-0.2, 0) is 20.8 Å². The Morgan fingerprint density at radius 1 is 0.973 bits per heavy atom. The number of hydrogen-bond acceptors (Lipinski definition) is 4. The van der Waals surface area contributed by atoms with Crippen LogP contribution in [-0.4, -0.2) is 65.3 Å². The molecule has 204 valence electrons. The van der Waals surface area contributed by atoms with Gasteiger partial charge in [-0.15, -0.1) is 0 Å². The second-order valence-electron chi connectivity index (χ2n) is 11.2. The Morgan fingerprint density at radius 3 is 2.32 bits per heavy atom. The number of nitrogens with zero attached hydrogens (tertiary/aromatic N) is 2. The summed E-state index contributed by atoms with van der Waals surface area (Å²) in [6.45, 7) is 1.38. The second kappa shape index (κ2) is 13.6. The van der Waals surface area contributed by atoms with Crippen molar-refractivity contribution in [1.82, 2.24) is 15.1 Å². The number of rotatable bonds is 10. The monoisotopic (exact) mass is 530 g/mol. The summed E-state index contributed by atoms with van der Waals surface area (Å²) in [4.78, 5) is 43.8. The number of nitrogens with two attached hydrogens (primary N) is 1. The molecule has 0 spiro atoms. The lowest BCUT2D eigenvalue weighted by atomic mass is 9.91. The first-order valence-corrected chi connectivity index (χ1v) is 14.7. The molecule has 4 rings (SSSR count). The maximum absolute atomic E-state index is 13.7. The largest absolute Gasteiger partial charge is 0.344 e. The van der Waals surface area contributed by atoms with E-state index < -0.39 is 6.04 Å². The molecule has 1 aliphatic heterocycles. The van der Waals surface area contributed by atoms with Crippen molar-refractivity contribution in [2.45, 2.75) is 102 Å². The number of hydrogen-bond donors (Lipinski definition) is 2. The van der Waals surface area contributed by atoms with Crippen LogP contribution in [0.1, 0.15) is 82.6 Å². The van der Waals surface area contributed by atoms with Crippen molar-refractivity contribution >= 4 is 29.3 Å². The molecule has 2 unspecified atom stereocenters. The Hall–Kier alpha value is -2.12. The maximum atomic E-state index is 13.7. The predicted octanol–water partition coefficient (Wildman–Crippen LogP) is 4.06. The molecule has 3 fully saturated rings. The van der Waals surface area contributed by atoms with Gasteiger partial charge in [0.05, 0.1) is 6.04 Å². The van der Waals surface area contributed by atoms with E-state index >= 15 is 0 Å². The van der Waals surface area contributed by atoms with Gasteiger partial charge in [0.25, 0.3) is 0 Å². The van der Waals surface area contributed by atoms with Crippen LogP contribution in [0.2, 0.25) is 5.02 Å². The van der Waals surface area contributed by atoms with Crippen LogP contribution in [0.15, 0.2) is 24.3 Å². The van der Waals surface area contributed by atoms with Gasteiger partial charge >= 0.3 is 0 Å². The highest BCUT2D eigenvalue weighted by Gasteiger charge is 2.39. The van der Waals surface area contributed by atoms with Crippen LogP contribution in [0, 0.1) is 5.92 Å². The summed E-state index contributed by atoms with van der Waals surface area (Å²) in [5.74, 6) is 0.488. The first-order chi connectivity index (χ1) is 17.9. The lowest BCUT2D eigenvalue weighted by Gasteiger charge is -2.39. The lowest BCUT2D eigenvalue weighted by Crippen LogP contribution is -2.52. The van der Waals surface area contributed by atoms with Crippen LogP contribution in [0.3, 0.4) is 0 Å². The van der Waals surface area contributed by atoms with E-state index in [0.29, 0.717) is 36.9 Å². The number of nitrogens with one attached hydrogen (secondary N) is 1. The molecule has 2 saturated carbocycles. The molecule has 0 radical (unpaired) electrons. The molecule has 1 aromatic carbocycles. The van der Waals surface area contributed by atoms with E-state index in [4.69, 9.17) is 17.3 Å². The van der Waals surface area contributed by atoms with Gasteiger partial charge in [-0.05, 0) is 55.7 Å². The fourth-order valence-corrected chi connectivity index (χ4v) is 6.60. The molecule has 1 heterocycles. The molecule has 3 N–H and O–H groups in total. The third kappa shape index (κ3) is 7.70. The van der Waals surface area contributed by atoms with Crippen LogP contribution >= 0.6 is 11.6 Å². The summed E-state index contributed by atoms with van der Waals surface area (Å²) >= 11 is 6.04. The Labute approximate surface area is 226 Å². The fourth-order valence-electron chi connectivity index (χ4n) is 6.47. The average Bonchev–Trinajstić information content (AvgIpc) is 3.58. The standard InChI is InChI=1S/C29H43ClN4O3/c30-23-12-10-22(11-13-23)18-26(32-27(35)14-16-31)29(37)33-17-15-25(20-33)34(24-8-2-1-3-9-24)28(36)19-21-6-4-5-7-21/h10-13,21,24-26H,1-9,14-20,31H2,(H,32,35). The van der Waals surface area contributed by atoms with E-state index in [2.05, 4.69) is 10.2 Å². The number of benzene rings is 1. The topological polar surface area (TPSA) is 95.7 Å². The molecular formula is C29H43ClN4O3. The van der Waals surface area contributed by atoms with Crippen molar-refractivity contribution in [3.8, 4) is 0 Å². The van der Waals surface area contributed by atoms with Gasteiger partial charge in [-0.25, -0.2) is 0 Å². The van der Waals surface area contributed by atoms with Gasteiger partial charge < -0.3 is 20.9 Å². The highest BCUT2D eigenvalue weighted by Crippen LogP contribution is 2.32. The van der Waals surface area contributed by atoms with E-state index in [-0.39, 0.29) is 42.8 Å². The molecule has 1 saturated heterocycles. The Morgan fingerprint density at radius 2 is 1.65 bits per heavy atom. The summed E-state index contributed by atoms with van der Waals surface area (Å²) in [6, 6.07) is 7.03. The molecule has 0 bridgehead atoms. The first-order valence-electron chi connectivity index (χ1n) is 14.3. The highest BCUT2D eigenvalue weighted by molar-refractivity contribution is 6.30. The molecule has 7 nitrogen and oxygen atoms in total. The Balaban J connectivity index is 1.45. The molecule has 1 aromatic rings. The third-order valence-corrected chi connectivity index (χ3v) is 8.67. The summed E-state index contributed by atoms with van der Waals surface area (Å²) in [6.07, 6.45) is 12.5. The molecule has 8 heteroatoms. The average molecular weight is 531 g/mol. The normalized spacial score (nSPS) is 21.7. The summed E-state index contributed by atoms with van der Waals surface area (Å²) in [5, 5.41) is 3.54. The van der Waals surface area contributed by atoms with Crippen LogP contribution in [0.4, 0.5) is 0 Å². The smallest absolute Gasteiger partial charge is 0.245 e. The fraction of sp³-hybridized carbons (Fsp3) is 0.690. The summed E-state index contributed by atoms with van der Waals surface area (Å²) in [7, 11) is 0. The van der Waals surface area contributed by atoms with Crippen molar-refractivity contribution < 1.29 is 14.4 Å². The molecule has 37 heavy (non-hydrogen) atoms. The second-order valence-corrected chi connectivity index (χ2v) is 11.6. The predicted molar refractivity (Wildman–Crippen MR) is 146 cm³/mol. The zero-order valence-electron chi connectivity index (χ0n) is 22.0. The minimum atomic E-state index is -0.670. The van der Waals surface area contributed by atoms with Crippen LogP contribution in [0.25, 0.3) is 0 Å². The van der Waals surface area contributed by atoms with E-state index in [0.717, 1.165) is 37.7 Å². The van der Waals surface area contributed by atoms with Crippen LogP contribution in [0.5, 0.6) is 0 Å². The molecule has 2 atom stereocenters. The highest BCUT2D eigenvalue weighted by atomic mass is 35.5. The number of carbonyl (C=O) groups excluding carboxylic acids is 3. The number of amides is 3. The van der Waals surface area contributed by atoms with Crippen molar-refractivity contribution in [1.29, 1.82) is 0 Å². The maximum Gasteiger partial charge on any atom is 0.245 e. The molecular weight excluding hydrogens is 488 g/mol. The van der Waals surface area contributed by atoms with Gasteiger partial charge in [0, 0.05) is 50.0 Å². The van der Waals surface area contributed by atoms with Crippen molar-refractivity contribution in [3.63, 3.8) is 0 Å². The van der Waals surface area contributed by atoms with E-state index in [1.54, 1.807) is 12.1 Å². The van der Waals surface area contributed by atoms with Gasteiger partial charge in [0.15, 0.2) is 0 Å². The Bertz CT molecular complexity index is 912. The molecule has 3 aliphatic rings. The molecule has 2 aliphatic carbocycles. The first kappa shape index (κ1) is 27.9. The Kier molecular flexibility index (Phi) is 10.3. The van der Waals surface area contributed by atoms with Gasteiger partial charge in [-0.2, -0.15) is 0 Å². The number of likely N-dealkylation sites (tertiary alicyclic amines) is 1. The van der Waals surface area contributed by atoms with Crippen LogP contribution < -0.4 is 11.1 Å². The number of halogens is 1. The minimum absolute atomic E-state index is 0.0527. The van der Waals surface area contributed by atoms with Gasteiger partial charge in [0.2, 0.25) is 17.7 Å². The zero-order valence-corrected chi connectivity index (χ0v) is 22.8. The van der Waals surface area contributed by atoms with Crippen molar-refractivity contribution in [2.75, 3.05) is 19.6 Å². The van der Waals surface area contributed by atoms with Gasteiger partial charge in [-0.1, -0.05) is 55.8 Å². The zero-order chi connectivity index (χ0) is 26.2. The van der Waals surface area contributed by atoms with Gasteiger partial charge in [-0.3, -0.25) is 14.4 Å². The quantitative estimate of drug-likeness (QED) is 0.477. The lowest BCUT2D eigenvalue weighted by molar-refractivity contribution is -0.139. The van der Waals surface area contributed by atoms with Crippen molar-refractivity contribution in [2.24, 2.45) is 11.7 Å². The van der Waals surface area contributed by atoms with E-state index in [1.807, 2.05) is 17.0 Å².